The monoisotopic (exact) mass is 422 g/mol. The van der Waals surface area contributed by atoms with E-state index in [9.17, 15) is 13.2 Å². The number of carbonyl (C=O) groups excluding carboxylic acids is 1. The highest BCUT2D eigenvalue weighted by molar-refractivity contribution is 7.89. The van der Waals surface area contributed by atoms with Crippen LogP contribution in [0.2, 0.25) is 5.02 Å². The zero-order valence-electron chi connectivity index (χ0n) is 16.8. The van der Waals surface area contributed by atoms with Crippen LogP contribution in [0.4, 0.5) is 5.69 Å². The third-order valence-electron chi connectivity index (χ3n) is 4.81. The molecular weight excluding hydrogens is 396 g/mol. The molecule has 2 aromatic rings. The van der Waals surface area contributed by atoms with Gasteiger partial charge in [0.15, 0.2) is 0 Å². The summed E-state index contributed by atoms with van der Waals surface area (Å²) in [7, 11) is -3.59. The Kier molecular flexibility index (Phi) is 7.63. The Hall–Kier alpha value is -1.89. The predicted molar refractivity (Wildman–Crippen MR) is 114 cm³/mol. The van der Waals surface area contributed by atoms with Gasteiger partial charge in [-0.25, -0.2) is 8.42 Å². The number of halogens is 1. The molecule has 0 aliphatic carbocycles. The smallest absolute Gasteiger partial charge is 0.243 e. The van der Waals surface area contributed by atoms with E-state index in [2.05, 4.69) is 5.32 Å². The van der Waals surface area contributed by atoms with E-state index < -0.39 is 10.0 Å². The number of benzene rings is 2. The summed E-state index contributed by atoms with van der Waals surface area (Å²) in [5.74, 6) is -0.158. The van der Waals surface area contributed by atoms with Gasteiger partial charge in [0.05, 0.1) is 4.90 Å². The Labute approximate surface area is 172 Å². The number of sulfonamides is 1. The van der Waals surface area contributed by atoms with Gasteiger partial charge < -0.3 is 5.32 Å². The molecule has 0 heterocycles. The molecule has 152 valence electrons. The van der Waals surface area contributed by atoms with Crippen LogP contribution in [-0.4, -0.2) is 31.7 Å². The third-order valence-corrected chi connectivity index (χ3v) is 7.09. The van der Waals surface area contributed by atoms with Gasteiger partial charge in [-0.15, -0.1) is 0 Å². The Morgan fingerprint density at radius 1 is 1.07 bits per heavy atom. The van der Waals surface area contributed by atoms with Gasteiger partial charge in [0.1, 0.15) is 0 Å². The summed E-state index contributed by atoms with van der Waals surface area (Å²) in [6, 6.07) is 10.6. The molecule has 7 heteroatoms. The Morgan fingerprint density at radius 2 is 1.68 bits per heavy atom. The van der Waals surface area contributed by atoms with Gasteiger partial charge in [-0.2, -0.15) is 4.31 Å². The highest BCUT2D eigenvalue weighted by atomic mass is 35.5. The lowest BCUT2D eigenvalue weighted by Crippen LogP contribution is -2.30. The number of hydrogen-bond acceptors (Lipinski definition) is 3. The second-order valence-electron chi connectivity index (χ2n) is 6.68. The first-order valence-corrected chi connectivity index (χ1v) is 11.2. The van der Waals surface area contributed by atoms with Crippen LogP contribution in [0.5, 0.6) is 0 Å². The number of aryl methyl sites for hydroxylation is 2. The second-order valence-corrected chi connectivity index (χ2v) is 9.05. The lowest BCUT2D eigenvalue weighted by Gasteiger charge is -2.20. The van der Waals surface area contributed by atoms with Crippen LogP contribution in [-0.2, 0) is 21.2 Å². The predicted octanol–water partition coefficient (Wildman–Crippen LogP) is 4.56. The number of hydrogen-bond donors (Lipinski definition) is 1. The SMILES string of the molecule is CCN(CC)S(=O)(=O)c1cc(C)c(C)c(NC(=O)CCc2ccc(Cl)cc2)c1. The molecule has 2 aromatic carbocycles. The van der Waals surface area contributed by atoms with Gasteiger partial charge in [0.25, 0.3) is 0 Å². The first kappa shape index (κ1) is 22.4. The van der Waals surface area contributed by atoms with Crippen LogP contribution in [0.25, 0.3) is 0 Å². The van der Waals surface area contributed by atoms with E-state index in [-0.39, 0.29) is 10.8 Å². The molecule has 28 heavy (non-hydrogen) atoms. The van der Waals surface area contributed by atoms with E-state index >= 15 is 0 Å². The molecule has 2 rings (SSSR count). The van der Waals surface area contributed by atoms with Crippen molar-refractivity contribution in [2.75, 3.05) is 18.4 Å². The molecule has 0 radical (unpaired) electrons. The van der Waals surface area contributed by atoms with E-state index in [1.807, 2.05) is 39.8 Å². The fourth-order valence-electron chi connectivity index (χ4n) is 2.94. The van der Waals surface area contributed by atoms with Crippen molar-refractivity contribution in [3.8, 4) is 0 Å². The average Bonchev–Trinajstić information content (AvgIpc) is 2.65. The van der Waals surface area contributed by atoms with Crippen LogP contribution < -0.4 is 5.32 Å². The van der Waals surface area contributed by atoms with Crippen molar-refractivity contribution in [3.63, 3.8) is 0 Å². The lowest BCUT2D eigenvalue weighted by atomic mass is 10.1. The normalized spacial score (nSPS) is 11.6. The van der Waals surface area contributed by atoms with Crippen LogP contribution in [0.1, 0.15) is 37.0 Å². The standard InChI is InChI=1S/C21H27ClN2O3S/c1-5-24(6-2)28(26,27)19-13-15(3)16(4)20(14-19)23-21(25)12-9-17-7-10-18(22)11-8-17/h7-8,10-11,13-14H,5-6,9,12H2,1-4H3,(H,23,25). The Bertz CT molecular complexity index is 937. The van der Waals surface area contributed by atoms with Crippen molar-refractivity contribution in [2.45, 2.75) is 45.4 Å². The minimum Gasteiger partial charge on any atom is -0.326 e. The molecule has 0 bridgehead atoms. The second kappa shape index (κ2) is 9.54. The Morgan fingerprint density at radius 3 is 2.25 bits per heavy atom. The van der Waals surface area contributed by atoms with E-state index in [1.54, 1.807) is 24.3 Å². The molecule has 0 fully saturated rings. The van der Waals surface area contributed by atoms with E-state index in [0.717, 1.165) is 16.7 Å². The van der Waals surface area contributed by atoms with E-state index in [0.29, 0.717) is 36.6 Å². The van der Waals surface area contributed by atoms with Crippen LogP contribution in [0.15, 0.2) is 41.3 Å². The highest BCUT2D eigenvalue weighted by Gasteiger charge is 2.23. The van der Waals surface area contributed by atoms with E-state index in [4.69, 9.17) is 11.6 Å². The maximum absolute atomic E-state index is 12.8. The highest BCUT2D eigenvalue weighted by Crippen LogP contribution is 2.26. The third kappa shape index (κ3) is 5.34. The summed E-state index contributed by atoms with van der Waals surface area (Å²) in [5.41, 5.74) is 3.23. The largest absolute Gasteiger partial charge is 0.326 e. The van der Waals surface area contributed by atoms with Crippen molar-refractivity contribution < 1.29 is 13.2 Å². The zero-order valence-corrected chi connectivity index (χ0v) is 18.3. The molecule has 1 N–H and O–H groups in total. The van der Waals surface area contributed by atoms with Crippen molar-refractivity contribution >= 4 is 33.2 Å². The maximum Gasteiger partial charge on any atom is 0.243 e. The molecule has 0 spiro atoms. The molecule has 0 aromatic heterocycles. The van der Waals surface area contributed by atoms with Gasteiger partial charge in [0, 0.05) is 30.2 Å². The maximum atomic E-state index is 12.8. The number of anilines is 1. The quantitative estimate of drug-likeness (QED) is 0.678. The first-order chi connectivity index (χ1) is 13.2. The molecular formula is C21H27ClN2O3S. The molecule has 0 aliphatic rings. The van der Waals surface area contributed by atoms with Crippen LogP contribution in [0.3, 0.4) is 0 Å². The number of rotatable bonds is 8. The van der Waals surface area contributed by atoms with Gasteiger partial charge in [0.2, 0.25) is 15.9 Å². The van der Waals surface area contributed by atoms with Gasteiger partial charge in [-0.05, 0) is 61.2 Å². The van der Waals surface area contributed by atoms with Gasteiger partial charge in [-0.3, -0.25) is 4.79 Å². The van der Waals surface area contributed by atoms with E-state index in [1.165, 1.54) is 4.31 Å². The summed E-state index contributed by atoms with van der Waals surface area (Å²) < 4.78 is 27.1. The molecule has 5 nitrogen and oxygen atoms in total. The summed E-state index contributed by atoms with van der Waals surface area (Å²) in [6.45, 7) is 8.13. The van der Waals surface area contributed by atoms with Gasteiger partial charge >= 0.3 is 0 Å². The molecule has 0 saturated carbocycles. The summed E-state index contributed by atoms with van der Waals surface area (Å²) in [5, 5.41) is 3.53. The fraction of sp³-hybridized carbons (Fsp3) is 0.381. The molecule has 0 aliphatic heterocycles. The van der Waals surface area contributed by atoms with Gasteiger partial charge in [-0.1, -0.05) is 37.6 Å². The lowest BCUT2D eigenvalue weighted by molar-refractivity contribution is -0.116. The van der Waals surface area contributed by atoms with Crippen molar-refractivity contribution in [2.24, 2.45) is 0 Å². The Balaban J connectivity index is 2.19. The molecule has 0 unspecified atom stereocenters. The minimum atomic E-state index is -3.59. The summed E-state index contributed by atoms with van der Waals surface area (Å²) in [4.78, 5) is 12.6. The summed E-state index contributed by atoms with van der Waals surface area (Å²) >= 11 is 5.88. The average molecular weight is 423 g/mol. The van der Waals surface area contributed by atoms with Crippen molar-refractivity contribution in [1.29, 1.82) is 0 Å². The number of amides is 1. The first-order valence-electron chi connectivity index (χ1n) is 9.34. The van der Waals surface area contributed by atoms with Crippen molar-refractivity contribution in [3.05, 3.63) is 58.1 Å². The molecule has 0 atom stereocenters. The number of carbonyl (C=O) groups is 1. The number of nitrogens with zero attached hydrogens (tertiary/aromatic N) is 1. The minimum absolute atomic E-state index is 0.158. The van der Waals surface area contributed by atoms with Crippen LogP contribution in [0, 0.1) is 13.8 Å². The molecule has 0 saturated heterocycles. The number of nitrogens with one attached hydrogen (secondary N) is 1. The summed E-state index contributed by atoms with van der Waals surface area (Å²) in [6.07, 6.45) is 0.881. The zero-order chi connectivity index (χ0) is 20.9. The molecule has 1 amide bonds. The fourth-order valence-corrected chi connectivity index (χ4v) is 4.64. The van der Waals surface area contributed by atoms with Crippen molar-refractivity contribution in [1.82, 2.24) is 4.31 Å². The van der Waals surface area contributed by atoms with Crippen LogP contribution >= 0.6 is 11.6 Å². The topological polar surface area (TPSA) is 66.5 Å².